The molecule has 0 aromatic rings. The van der Waals surface area contributed by atoms with Gasteiger partial charge >= 0.3 is 164 Å². The Hall–Kier alpha value is 6.94. The Morgan fingerprint density at radius 2 is 0.444 bits per heavy atom. The number of hydrogen-bond donors (Lipinski definition) is 0. The first-order valence-corrected chi connectivity index (χ1v) is 0. The molecular weight excluding hydrogens is 603 g/mol. The Morgan fingerprint density at radius 3 is 0.444 bits per heavy atom. The SMILES string of the molecule is [Al+3].[Ba+2].[Ba+2].[Ba+2].[Cl-].[S-2].[S-2].[S-2].[S-2]. The summed E-state index contributed by atoms with van der Waals surface area (Å²) in [6.45, 7) is 0. The van der Waals surface area contributed by atoms with Crippen LogP contribution in [0.3, 0.4) is 0 Å². The van der Waals surface area contributed by atoms with Crippen LogP contribution in [0.25, 0.3) is 0 Å². The Kier molecular flexibility index (Phi) is 495. The summed E-state index contributed by atoms with van der Waals surface area (Å²) in [5, 5.41) is 0. The number of hydrogen-bond acceptors (Lipinski definition) is 0. The molecule has 0 unspecified atom stereocenters. The van der Waals surface area contributed by atoms with Gasteiger partial charge in [-0.05, 0) is 0 Å². The largest absolute Gasteiger partial charge is 3.00 e. The van der Waals surface area contributed by atoms with Crippen LogP contribution < -0.4 is 12.4 Å². The molecule has 0 saturated heterocycles. The molecule has 9 heavy (non-hydrogen) atoms. The fourth-order valence-corrected chi connectivity index (χ4v) is 0. The minimum Gasteiger partial charge on any atom is -2.00 e. The van der Waals surface area contributed by atoms with E-state index >= 15 is 0 Å². The third kappa shape index (κ3) is 52.0. The van der Waals surface area contributed by atoms with Crippen LogP contribution in [0.5, 0.6) is 0 Å². The zero-order valence-corrected chi connectivity index (χ0v) is 23.2. The van der Waals surface area contributed by atoms with E-state index in [1.807, 2.05) is 0 Å². The van der Waals surface area contributed by atoms with Crippen molar-refractivity contribution in [3.8, 4) is 0 Å². The maximum atomic E-state index is 0. The average Bonchev–Trinajstić information content (AvgIpc) is 0. The summed E-state index contributed by atoms with van der Waals surface area (Å²) in [7, 11) is 0. The van der Waals surface area contributed by atoms with E-state index in [1.165, 1.54) is 0 Å². The third-order valence-electron chi connectivity index (χ3n) is 0. The molecule has 9 heteroatoms. The standard InChI is InChI=1S/Al.3Ba.ClH.4S/h;;;;1H;;;;/q+3;3*+2;;4*-2/p-1. The predicted molar refractivity (Wildman–Crippen MR) is 52.5 cm³/mol. The quantitative estimate of drug-likeness (QED) is 0.246. The van der Waals surface area contributed by atoms with Crippen molar-refractivity contribution in [1.29, 1.82) is 0 Å². The summed E-state index contributed by atoms with van der Waals surface area (Å²) >= 11 is 0. The first-order valence-electron chi connectivity index (χ1n) is 0. The van der Waals surface area contributed by atoms with Gasteiger partial charge in [-0.25, -0.2) is 0 Å². The second-order valence-corrected chi connectivity index (χ2v) is 0. The first-order chi connectivity index (χ1) is 0. The van der Waals surface area contributed by atoms with Crippen LogP contribution in [0.15, 0.2) is 0 Å². The van der Waals surface area contributed by atoms with Crippen LogP contribution >= 0.6 is 0 Å². The molecular formula is AlBa3ClS4. The molecule has 0 aliphatic carbocycles. The smallest absolute Gasteiger partial charge is 2.00 e. The zero-order valence-electron chi connectivity index (χ0n) is 4.71. The van der Waals surface area contributed by atoms with Crippen LogP contribution in [0.4, 0.5) is 0 Å². The third-order valence-corrected chi connectivity index (χ3v) is 0. The molecule has 0 radical (unpaired) electrons. The van der Waals surface area contributed by atoms with Crippen molar-refractivity contribution in [1.82, 2.24) is 0 Å². The molecule has 0 atom stereocenters. The van der Waals surface area contributed by atoms with Gasteiger partial charge in [0.1, 0.15) is 0 Å². The van der Waals surface area contributed by atoms with Gasteiger partial charge in [0, 0.05) is 0 Å². The molecule has 40 valence electrons. The van der Waals surface area contributed by atoms with Crippen molar-refractivity contribution in [2.75, 3.05) is 0 Å². The van der Waals surface area contributed by atoms with Crippen LogP contribution in [0.2, 0.25) is 0 Å². The van der Waals surface area contributed by atoms with Crippen LogP contribution in [-0.4, -0.2) is 164 Å². The van der Waals surface area contributed by atoms with Gasteiger partial charge in [-0.2, -0.15) is 0 Å². The first kappa shape index (κ1) is 73.9. The molecule has 0 fully saturated rings. The molecule has 0 aromatic carbocycles. The van der Waals surface area contributed by atoms with E-state index in [9.17, 15) is 0 Å². The molecule has 0 saturated carbocycles. The monoisotopic (exact) mass is 604 g/mol. The summed E-state index contributed by atoms with van der Waals surface area (Å²) < 4.78 is 0. The normalized spacial score (nSPS) is 0. The second kappa shape index (κ2) is 60.3. The predicted octanol–water partition coefficient (Wildman–Crippen LogP) is -4.53. The van der Waals surface area contributed by atoms with Gasteiger partial charge in [-0.3, -0.25) is 0 Å². The van der Waals surface area contributed by atoms with E-state index < -0.39 is 0 Å². The van der Waals surface area contributed by atoms with E-state index in [1.54, 1.807) is 0 Å². The molecule has 0 bridgehead atoms. The number of rotatable bonds is 0. The van der Waals surface area contributed by atoms with Gasteiger partial charge in [-0.15, -0.1) is 0 Å². The van der Waals surface area contributed by atoms with Crippen molar-refractivity contribution in [2.45, 2.75) is 0 Å². The van der Waals surface area contributed by atoms with Gasteiger partial charge in [0.15, 0.2) is 0 Å². The van der Waals surface area contributed by atoms with Gasteiger partial charge < -0.3 is 66.4 Å². The minimum absolute atomic E-state index is 0. The molecule has 0 rings (SSSR count). The van der Waals surface area contributed by atoms with E-state index in [0.717, 1.165) is 0 Å². The molecule has 0 aliphatic rings. The molecule has 0 aromatic heterocycles. The van der Waals surface area contributed by atoms with Gasteiger partial charge in [0.05, 0.1) is 0 Å². The summed E-state index contributed by atoms with van der Waals surface area (Å²) in [5.41, 5.74) is 0. The summed E-state index contributed by atoms with van der Waals surface area (Å²) in [4.78, 5) is 0. The molecule has 0 N–H and O–H groups in total. The van der Waals surface area contributed by atoms with Gasteiger partial charge in [0.2, 0.25) is 0 Å². The van der Waals surface area contributed by atoms with Crippen molar-refractivity contribution in [2.24, 2.45) is 0 Å². The van der Waals surface area contributed by atoms with Gasteiger partial charge in [-0.1, -0.05) is 0 Å². The van der Waals surface area contributed by atoms with E-state index in [4.69, 9.17) is 0 Å². The average molecular weight is 603 g/mol. The molecule has 0 spiro atoms. The van der Waals surface area contributed by atoms with Crippen LogP contribution in [0, 0.1) is 0 Å². The Balaban J connectivity index is 0. The summed E-state index contributed by atoms with van der Waals surface area (Å²) in [6.07, 6.45) is 0. The van der Waals surface area contributed by atoms with E-state index in [2.05, 4.69) is 0 Å². The van der Waals surface area contributed by atoms with Gasteiger partial charge in [0.25, 0.3) is 0 Å². The molecule has 0 nitrogen and oxygen atoms in total. The second-order valence-electron chi connectivity index (χ2n) is 0. The van der Waals surface area contributed by atoms with Crippen molar-refractivity contribution < 1.29 is 12.4 Å². The zero-order chi connectivity index (χ0) is 0. The van der Waals surface area contributed by atoms with Crippen LogP contribution in [0.1, 0.15) is 0 Å². The maximum absolute atomic E-state index is 0. The maximum Gasteiger partial charge on any atom is 3.00 e. The Bertz CT molecular complexity index is 15.8. The molecule has 0 amide bonds. The molecule has 0 aliphatic heterocycles. The topological polar surface area (TPSA) is 0 Å². The van der Waals surface area contributed by atoms with E-state index in [-0.39, 0.29) is 230 Å². The van der Waals surface area contributed by atoms with Crippen molar-refractivity contribution in [3.63, 3.8) is 0 Å². The van der Waals surface area contributed by atoms with E-state index in [0.29, 0.717) is 0 Å². The fourth-order valence-electron chi connectivity index (χ4n) is 0. The molecule has 0 heterocycles. The summed E-state index contributed by atoms with van der Waals surface area (Å²) in [6, 6.07) is 0. The Labute approximate surface area is 223 Å². The fraction of sp³-hybridized carbons (Fsp3) is 0. The van der Waals surface area contributed by atoms with Crippen molar-refractivity contribution >= 4 is 218 Å². The number of halogens is 1. The van der Waals surface area contributed by atoms with Crippen LogP contribution in [-0.2, 0) is 54.0 Å². The summed E-state index contributed by atoms with van der Waals surface area (Å²) in [5.74, 6) is 0. The minimum atomic E-state index is 0. The Morgan fingerprint density at radius 1 is 0.444 bits per heavy atom. The van der Waals surface area contributed by atoms with Crippen molar-refractivity contribution in [3.05, 3.63) is 0 Å².